The Labute approximate surface area is 82.5 Å². The van der Waals surface area contributed by atoms with E-state index in [1.807, 2.05) is 0 Å². The molecule has 0 radical (unpaired) electrons. The summed E-state index contributed by atoms with van der Waals surface area (Å²) in [5.41, 5.74) is 0. The zero-order chi connectivity index (χ0) is 10.0. The van der Waals surface area contributed by atoms with Gasteiger partial charge in [0.15, 0.2) is 0 Å². The van der Waals surface area contributed by atoms with E-state index in [0.29, 0.717) is 17.8 Å². The Morgan fingerprint density at radius 2 is 1.77 bits per heavy atom. The SMILES string of the molecule is CC1CCC(C(O)C(C)C)C(C)C1. The van der Waals surface area contributed by atoms with Crippen LogP contribution in [0.1, 0.15) is 47.0 Å². The highest BCUT2D eigenvalue weighted by Gasteiger charge is 2.31. The van der Waals surface area contributed by atoms with Crippen LogP contribution in [-0.4, -0.2) is 11.2 Å². The van der Waals surface area contributed by atoms with Crippen molar-refractivity contribution in [2.24, 2.45) is 23.7 Å². The molecule has 0 bridgehead atoms. The Morgan fingerprint density at radius 3 is 2.23 bits per heavy atom. The Morgan fingerprint density at radius 1 is 1.15 bits per heavy atom. The lowest BCUT2D eigenvalue weighted by Crippen LogP contribution is -2.34. The molecule has 0 aromatic heterocycles. The molecule has 1 rings (SSSR count). The maximum Gasteiger partial charge on any atom is 0.0593 e. The average molecular weight is 184 g/mol. The van der Waals surface area contributed by atoms with Crippen LogP contribution in [0.5, 0.6) is 0 Å². The number of rotatable bonds is 2. The summed E-state index contributed by atoms with van der Waals surface area (Å²) in [6, 6.07) is 0. The highest BCUT2D eigenvalue weighted by Crippen LogP contribution is 2.36. The molecule has 1 heteroatoms. The molecule has 1 N–H and O–H groups in total. The molecule has 13 heavy (non-hydrogen) atoms. The third kappa shape index (κ3) is 2.70. The third-order valence-electron chi connectivity index (χ3n) is 3.62. The van der Waals surface area contributed by atoms with Crippen molar-refractivity contribution in [2.75, 3.05) is 0 Å². The van der Waals surface area contributed by atoms with Crippen molar-refractivity contribution in [1.29, 1.82) is 0 Å². The van der Waals surface area contributed by atoms with Gasteiger partial charge in [-0.2, -0.15) is 0 Å². The first-order valence-corrected chi connectivity index (χ1v) is 5.70. The molecule has 0 aliphatic heterocycles. The van der Waals surface area contributed by atoms with Gasteiger partial charge in [-0.05, 0) is 36.5 Å². The van der Waals surface area contributed by atoms with Crippen LogP contribution in [0.25, 0.3) is 0 Å². The lowest BCUT2D eigenvalue weighted by Gasteiger charge is -2.37. The van der Waals surface area contributed by atoms with Crippen LogP contribution in [-0.2, 0) is 0 Å². The first kappa shape index (κ1) is 11.0. The summed E-state index contributed by atoms with van der Waals surface area (Å²) in [4.78, 5) is 0. The van der Waals surface area contributed by atoms with Crippen LogP contribution >= 0.6 is 0 Å². The van der Waals surface area contributed by atoms with E-state index in [-0.39, 0.29) is 6.10 Å². The predicted octanol–water partition coefficient (Wildman–Crippen LogP) is 3.08. The van der Waals surface area contributed by atoms with Gasteiger partial charge in [0.1, 0.15) is 0 Å². The number of aliphatic hydroxyl groups excluding tert-OH is 1. The Hall–Kier alpha value is -0.0400. The maximum atomic E-state index is 10.0. The standard InChI is InChI=1S/C12H24O/c1-8(2)12(13)11-6-5-9(3)7-10(11)4/h8-13H,5-7H2,1-4H3. The van der Waals surface area contributed by atoms with E-state index in [2.05, 4.69) is 27.7 Å². The average Bonchev–Trinajstić information content (AvgIpc) is 2.03. The minimum atomic E-state index is -0.0810. The van der Waals surface area contributed by atoms with Crippen molar-refractivity contribution in [3.63, 3.8) is 0 Å². The van der Waals surface area contributed by atoms with Gasteiger partial charge in [-0.1, -0.05) is 34.1 Å². The van der Waals surface area contributed by atoms with E-state index in [1.165, 1.54) is 19.3 Å². The molecule has 78 valence electrons. The summed E-state index contributed by atoms with van der Waals surface area (Å²) < 4.78 is 0. The van der Waals surface area contributed by atoms with Crippen molar-refractivity contribution >= 4 is 0 Å². The van der Waals surface area contributed by atoms with Gasteiger partial charge in [-0.15, -0.1) is 0 Å². The lowest BCUT2D eigenvalue weighted by atomic mass is 9.71. The molecule has 0 aromatic rings. The van der Waals surface area contributed by atoms with Crippen molar-refractivity contribution in [2.45, 2.75) is 53.1 Å². The Bertz CT molecular complexity index is 153. The molecule has 4 unspecified atom stereocenters. The maximum absolute atomic E-state index is 10.0. The van der Waals surface area contributed by atoms with Crippen molar-refractivity contribution < 1.29 is 5.11 Å². The summed E-state index contributed by atoms with van der Waals surface area (Å²) in [5, 5.41) is 10.0. The zero-order valence-electron chi connectivity index (χ0n) is 9.46. The van der Waals surface area contributed by atoms with Crippen LogP contribution < -0.4 is 0 Å². The molecular formula is C12H24O. The molecule has 4 atom stereocenters. The Kier molecular flexibility index (Phi) is 3.78. The van der Waals surface area contributed by atoms with Gasteiger partial charge in [-0.25, -0.2) is 0 Å². The van der Waals surface area contributed by atoms with E-state index in [1.54, 1.807) is 0 Å². The van der Waals surface area contributed by atoms with Gasteiger partial charge in [0, 0.05) is 0 Å². The fourth-order valence-electron chi connectivity index (χ4n) is 2.69. The van der Waals surface area contributed by atoms with Crippen molar-refractivity contribution in [3.8, 4) is 0 Å². The van der Waals surface area contributed by atoms with E-state index >= 15 is 0 Å². The Balaban J connectivity index is 2.50. The molecule has 0 amide bonds. The second kappa shape index (κ2) is 4.45. The molecule has 1 fully saturated rings. The third-order valence-corrected chi connectivity index (χ3v) is 3.62. The summed E-state index contributed by atoms with van der Waals surface area (Å²) in [5.74, 6) is 2.55. The molecule has 1 aliphatic carbocycles. The first-order valence-electron chi connectivity index (χ1n) is 5.70. The van der Waals surface area contributed by atoms with Crippen molar-refractivity contribution in [1.82, 2.24) is 0 Å². The molecule has 1 saturated carbocycles. The first-order chi connectivity index (χ1) is 6.02. The quantitative estimate of drug-likeness (QED) is 0.699. The molecule has 0 aromatic carbocycles. The number of hydrogen-bond donors (Lipinski definition) is 1. The highest BCUT2D eigenvalue weighted by molar-refractivity contribution is 4.82. The van der Waals surface area contributed by atoms with Crippen LogP contribution in [0, 0.1) is 23.7 Å². The van der Waals surface area contributed by atoms with Gasteiger partial charge in [-0.3, -0.25) is 0 Å². The number of aliphatic hydroxyl groups is 1. The topological polar surface area (TPSA) is 20.2 Å². The zero-order valence-corrected chi connectivity index (χ0v) is 9.46. The fourth-order valence-corrected chi connectivity index (χ4v) is 2.69. The van der Waals surface area contributed by atoms with Crippen LogP contribution in [0.4, 0.5) is 0 Å². The number of hydrogen-bond acceptors (Lipinski definition) is 1. The minimum absolute atomic E-state index is 0.0810. The van der Waals surface area contributed by atoms with Crippen molar-refractivity contribution in [3.05, 3.63) is 0 Å². The fraction of sp³-hybridized carbons (Fsp3) is 1.00. The highest BCUT2D eigenvalue weighted by atomic mass is 16.3. The van der Waals surface area contributed by atoms with Gasteiger partial charge in [0.05, 0.1) is 6.10 Å². The molecule has 0 heterocycles. The normalized spacial score (nSPS) is 37.8. The molecule has 1 aliphatic rings. The smallest absolute Gasteiger partial charge is 0.0593 e. The van der Waals surface area contributed by atoms with Gasteiger partial charge in [0.25, 0.3) is 0 Å². The van der Waals surface area contributed by atoms with E-state index < -0.39 is 0 Å². The van der Waals surface area contributed by atoms with Gasteiger partial charge < -0.3 is 5.11 Å². The summed E-state index contributed by atoms with van der Waals surface area (Å²) in [6.07, 6.45) is 3.75. The molecule has 0 saturated heterocycles. The monoisotopic (exact) mass is 184 g/mol. The van der Waals surface area contributed by atoms with Crippen LogP contribution in [0.15, 0.2) is 0 Å². The summed E-state index contributed by atoms with van der Waals surface area (Å²) in [7, 11) is 0. The lowest BCUT2D eigenvalue weighted by molar-refractivity contribution is 0.0112. The predicted molar refractivity (Wildman–Crippen MR) is 56.5 cm³/mol. The second-order valence-electron chi connectivity index (χ2n) is 5.29. The van der Waals surface area contributed by atoms with E-state index in [9.17, 15) is 5.11 Å². The van der Waals surface area contributed by atoms with E-state index in [4.69, 9.17) is 0 Å². The van der Waals surface area contributed by atoms with Crippen LogP contribution in [0.2, 0.25) is 0 Å². The van der Waals surface area contributed by atoms with Gasteiger partial charge in [0.2, 0.25) is 0 Å². The largest absolute Gasteiger partial charge is 0.393 e. The van der Waals surface area contributed by atoms with Crippen LogP contribution in [0.3, 0.4) is 0 Å². The molecule has 1 nitrogen and oxygen atoms in total. The second-order valence-corrected chi connectivity index (χ2v) is 5.29. The minimum Gasteiger partial charge on any atom is -0.393 e. The van der Waals surface area contributed by atoms with E-state index in [0.717, 1.165) is 5.92 Å². The van der Waals surface area contributed by atoms with Gasteiger partial charge >= 0.3 is 0 Å². The molecular weight excluding hydrogens is 160 g/mol. The molecule has 0 spiro atoms. The summed E-state index contributed by atoms with van der Waals surface area (Å²) >= 11 is 0. The summed E-state index contributed by atoms with van der Waals surface area (Å²) in [6.45, 7) is 8.87.